The molecule has 3 rings (SSSR count). The molecule has 1 amide bonds. The highest BCUT2D eigenvalue weighted by molar-refractivity contribution is 8.00. The molecule has 2 aromatic rings. The van der Waals surface area contributed by atoms with Gasteiger partial charge in [-0.25, -0.2) is 0 Å². The minimum atomic E-state index is -4.31. The third-order valence-corrected chi connectivity index (χ3v) is 4.99. The first-order valence-electron chi connectivity index (χ1n) is 7.10. The molecule has 23 heavy (non-hydrogen) atoms. The third-order valence-electron chi connectivity index (χ3n) is 3.52. The van der Waals surface area contributed by atoms with Crippen LogP contribution in [0.1, 0.15) is 28.8 Å². The number of hydrogen-bond donors (Lipinski definition) is 0. The van der Waals surface area contributed by atoms with Gasteiger partial charge in [0.25, 0.3) is 5.91 Å². The van der Waals surface area contributed by atoms with Gasteiger partial charge in [-0.3, -0.25) is 4.79 Å². The quantitative estimate of drug-likeness (QED) is 0.689. The summed E-state index contributed by atoms with van der Waals surface area (Å²) in [5.74, 6) is -0.123. The maximum Gasteiger partial charge on any atom is 0.446 e. The molecule has 1 heterocycles. The van der Waals surface area contributed by atoms with Crippen LogP contribution in [-0.4, -0.2) is 22.4 Å². The molecular weight excluding hydrogens is 343 g/mol. The van der Waals surface area contributed by atoms with Crippen molar-refractivity contribution in [1.29, 1.82) is 0 Å². The predicted octanol–water partition coefficient (Wildman–Crippen LogP) is 5.16. The zero-order valence-electron chi connectivity index (χ0n) is 12.0. The normalized spacial score (nSPS) is 14.7. The number of carbonyl (C=O) groups is 1. The van der Waals surface area contributed by atoms with E-state index in [0.29, 0.717) is 12.1 Å². The van der Waals surface area contributed by atoms with Crippen molar-refractivity contribution >= 4 is 29.0 Å². The number of alkyl halides is 3. The maximum atomic E-state index is 12.6. The first-order chi connectivity index (χ1) is 10.9. The Hall–Kier alpha value is -1.47. The number of thioether (sulfide) groups is 1. The van der Waals surface area contributed by atoms with Crippen LogP contribution in [0.15, 0.2) is 46.0 Å². The van der Waals surface area contributed by atoms with Gasteiger partial charge in [0.1, 0.15) is 0 Å². The molecule has 0 unspecified atom stereocenters. The molecule has 122 valence electrons. The molecule has 1 aromatic heterocycles. The largest absolute Gasteiger partial charge is 0.446 e. The van der Waals surface area contributed by atoms with E-state index in [4.69, 9.17) is 0 Å². The number of thiophene rings is 1. The van der Waals surface area contributed by atoms with E-state index in [-0.39, 0.29) is 28.6 Å². The molecule has 0 atom stereocenters. The Morgan fingerprint density at radius 3 is 2.43 bits per heavy atom. The van der Waals surface area contributed by atoms with Crippen molar-refractivity contribution in [2.75, 3.05) is 0 Å². The van der Waals surface area contributed by atoms with Crippen molar-refractivity contribution in [3.05, 3.63) is 52.2 Å². The monoisotopic (exact) mass is 357 g/mol. The molecule has 7 heteroatoms. The van der Waals surface area contributed by atoms with Crippen LogP contribution in [0.5, 0.6) is 0 Å². The minimum Gasteiger partial charge on any atom is -0.331 e. The summed E-state index contributed by atoms with van der Waals surface area (Å²) in [6, 6.07) is 7.86. The Morgan fingerprint density at radius 1 is 1.22 bits per heavy atom. The number of rotatable bonds is 5. The van der Waals surface area contributed by atoms with Crippen LogP contribution in [0.2, 0.25) is 0 Å². The van der Waals surface area contributed by atoms with Crippen LogP contribution in [0.3, 0.4) is 0 Å². The van der Waals surface area contributed by atoms with E-state index in [0.717, 1.165) is 18.4 Å². The molecular formula is C16H14F3NOS2. The standard InChI is InChI=1S/C16H14F3NOS2/c17-16(18,19)23-14-5-1-12(2-6-14)15(21)20(13-3-4-13)9-11-7-8-22-10-11/h1-2,5-8,10,13H,3-4,9H2. The molecule has 0 aliphatic heterocycles. The summed E-state index contributed by atoms with van der Waals surface area (Å²) in [5.41, 5.74) is -2.80. The van der Waals surface area contributed by atoms with Crippen molar-refractivity contribution in [3.63, 3.8) is 0 Å². The van der Waals surface area contributed by atoms with Crippen LogP contribution in [0.25, 0.3) is 0 Å². The molecule has 0 spiro atoms. The topological polar surface area (TPSA) is 20.3 Å². The van der Waals surface area contributed by atoms with Gasteiger partial charge in [0.2, 0.25) is 0 Å². The maximum absolute atomic E-state index is 12.6. The molecule has 1 aromatic carbocycles. The highest BCUT2D eigenvalue weighted by Crippen LogP contribution is 2.37. The Morgan fingerprint density at radius 2 is 1.91 bits per heavy atom. The van der Waals surface area contributed by atoms with Gasteiger partial charge in [0.15, 0.2) is 0 Å². The van der Waals surface area contributed by atoms with E-state index in [1.165, 1.54) is 24.3 Å². The SMILES string of the molecule is O=C(c1ccc(SC(F)(F)F)cc1)N(Cc1ccsc1)C1CC1. The van der Waals surface area contributed by atoms with Crippen LogP contribution in [-0.2, 0) is 6.54 Å². The van der Waals surface area contributed by atoms with Crippen LogP contribution < -0.4 is 0 Å². The van der Waals surface area contributed by atoms with E-state index in [1.54, 1.807) is 11.3 Å². The third kappa shape index (κ3) is 4.51. The summed E-state index contributed by atoms with van der Waals surface area (Å²) in [4.78, 5) is 14.6. The first kappa shape index (κ1) is 16.4. The molecule has 0 bridgehead atoms. The lowest BCUT2D eigenvalue weighted by atomic mass is 10.2. The predicted molar refractivity (Wildman–Crippen MR) is 85.6 cm³/mol. The molecule has 1 aliphatic rings. The van der Waals surface area contributed by atoms with Gasteiger partial charge in [-0.1, -0.05) is 0 Å². The second-order valence-corrected chi connectivity index (χ2v) is 7.29. The van der Waals surface area contributed by atoms with Gasteiger partial charge in [0, 0.05) is 23.0 Å². The molecule has 0 N–H and O–H groups in total. The highest BCUT2D eigenvalue weighted by atomic mass is 32.2. The average molecular weight is 357 g/mol. The van der Waals surface area contributed by atoms with Gasteiger partial charge >= 0.3 is 5.51 Å². The fourth-order valence-electron chi connectivity index (χ4n) is 2.30. The fourth-order valence-corrected chi connectivity index (χ4v) is 3.50. The smallest absolute Gasteiger partial charge is 0.331 e. The van der Waals surface area contributed by atoms with E-state index >= 15 is 0 Å². The van der Waals surface area contributed by atoms with Crippen LogP contribution in [0, 0.1) is 0 Å². The molecule has 0 radical (unpaired) electrons. The molecule has 1 fully saturated rings. The van der Waals surface area contributed by atoms with Crippen molar-refractivity contribution in [2.24, 2.45) is 0 Å². The zero-order chi connectivity index (χ0) is 16.4. The van der Waals surface area contributed by atoms with E-state index in [9.17, 15) is 18.0 Å². The highest BCUT2D eigenvalue weighted by Gasteiger charge is 2.33. The van der Waals surface area contributed by atoms with Crippen molar-refractivity contribution in [2.45, 2.75) is 35.8 Å². The number of benzene rings is 1. The van der Waals surface area contributed by atoms with E-state index < -0.39 is 5.51 Å². The second-order valence-electron chi connectivity index (χ2n) is 5.37. The summed E-state index contributed by atoms with van der Waals surface area (Å²) in [5, 5.41) is 3.97. The van der Waals surface area contributed by atoms with Gasteiger partial charge < -0.3 is 4.90 Å². The second kappa shape index (κ2) is 6.57. The van der Waals surface area contributed by atoms with Crippen LogP contribution in [0.4, 0.5) is 13.2 Å². The lowest BCUT2D eigenvalue weighted by Gasteiger charge is -2.22. The first-order valence-corrected chi connectivity index (χ1v) is 8.86. The fraction of sp³-hybridized carbons (Fsp3) is 0.312. The van der Waals surface area contributed by atoms with Crippen molar-refractivity contribution in [3.8, 4) is 0 Å². The van der Waals surface area contributed by atoms with Gasteiger partial charge in [-0.2, -0.15) is 24.5 Å². The van der Waals surface area contributed by atoms with E-state index in [2.05, 4.69) is 0 Å². The van der Waals surface area contributed by atoms with Crippen LogP contribution >= 0.6 is 23.1 Å². The Bertz CT molecular complexity index is 664. The molecule has 2 nitrogen and oxygen atoms in total. The van der Waals surface area contributed by atoms with Crippen molar-refractivity contribution < 1.29 is 18.0 Å². The molecule has 1 aliphatic carbocycles. The van der Waals surface area contributed by atoms with Crippen molar-refractivity contribution in [1.82, 2.24) is 4.90 Å². The average Bonchev–Trinajstić information content (AvgIpc) is 3.20. The van der Waals surface area contributed by atoms with Gasteiger partial charge in [-0.15, -0.1) is 0 Å². The summed E-state index contributed by atoms with van der Waals surface area (Å²) in [6.45, 7) is 0.548. The lowest BCUT2D eigenvalue weighted by Crippen LogP contribution is -2.32. The number of nitrogens with zero attached hydrogens (tertiary/aromatic N) is 1. The lowest BCUT2D eigenvalue weighted by molar-refractivity contribution is -0.0328. The van der Waals surface area contributed by atoms with Gasteiger partial charge in [-0.05, 0) is 71.3 Å². The summed E-state index contributed by atoms with van der Waals surface area (Å²) in [6.07, 6.45) is 1.97. The Kier molecular flexibility index (Phi) is 4.68. The minimum absolute atomic E-state index is 0.0878. The molecule has 1 saturated carbocycles. The number of carbonyl (C=O) groups excluding carboxylic acids is 1. The summed E-state index contributed by atoms with van der Waals surface area (Å²) in [7, 11) is 0. The Balaban J connectivity index is 1.72. The molecule has 0 saturated heterocycles. The number of halogens is 3. The summed E-state index contributed by atoms with van der Waals surface area (Å²) < 4.78 is 37.0. The number of amides is 1. The Labute approximate surface area is 140 Å². The zero-order valence-corrected chi connectivity index (χ0v) is 13.7. The van der Waals surface area contributed by atoms with E-state index in [1.807, 2.05) is 21.7 Å². The number of hydrogen-bond acceptors (Lipinski definition) is 3. The summed E-state index contributed by atoms with van der Waals surface area (Å²) >= 11 is 1.41. The van der Waals surface area contributed by atoms with Gasteiger partial charge in [0.05, 0.1) is 0 Å².